The number of hydrogen-bond acceptors (Lipinski definition) is 7. The number of rotatable bonds is 8. The molecular formula is C26H19ClN2O7S. The van der Waals surface area contributed by atoms with E-state index in [2.05, 4.69) is 10.3 Å². The number of carboxylic acids is 2. The van der Waals surface area contributed by atoms with Crippen LogP contribution in [0.4, 0.5) is 5.69 Å². The van der Waals surface area contributed by atoms with Crippen molar-refractivity contribution in [1.29, 1.82) is 0 Å². The second-order valence-corrected chi connectivity index (χ2v) is 9.09. The second kappa shape index (κ2) is 11.2. The number of halogens is 1. The van der Waals surface area contributed by atoms with Crippen LogP contribution in [-0.2, 0) is 11.4 Å². The minimum atomic E-state index is -1.29. The normalized spacial score (nSPS) is 15.0. The van der Waals surface area contributed by atoms with Gasteiger partial charge in [-0.05, 0) is 59.8 Å². The van der Waals surface area contributed by atoms with Crippen molar-refractivity contribution in [3.05, 3.63) is 92.8 Å². The third-order valence-electron chi connectivity index (χ3n) is 5.12. The maximum Gasteiger partial charge on any atom is 0.335 e. The quantitative estimate of drug-likeness (QED) is 0.332. The molecule has 1 saturated heterocycles. The van der Waals surface area contributed by atoms with E-state index in [9.17, 15) is 24.6 Å². The number of aliphatic imine (C=N–C) groups is 1. The Morgan fingerprint density at radius 3 is 2.38 bits per heavy atom. The van der Waals surface area contributed by atoms with Gasteiger partial charge in [-0.15, -0.1) is 0 Å². The van der Waals surface area contributed by atoms with Crippen LogP contribution in [-0.4, -0.2) is 40.3 Å². The highest BCUT2D eigenvalue weighted by Crippen LogP contribution is 2.33. The largest absolute Gasteiger partial charge is 0.493 e. The van der Waals surface area contributed by atoms with Gasteiger partial charge in [0.15, 0.2) is 16.7 Å². The highest BCUT2D eigenvalue weighted by Gasteiger charge is 2.24. The van der Waals surface area contributed by atoms with E-state index in [4.69, 9.17) is 21.1 Å². The zero-order valence-corrected chi connectivity index (χ0v) is 20.8. The molecule has 0 atom stereocenters. The van der Waals surface area contributed by atoms with Crippen LogP contribution >= 0.6 is 23.4 Å². The summed E-state index contributed by atoms with van der Waals surface area (Å²) in [6.45, 7) is 0.251. The van der Waals surface area contributed by atoms with Crippen molar-refractivity contribution in [3.8, 4) is 11.5 Å². The van der Waals surface area contributed by atoms with E-state index in [0.29, 0.717) is 27.0 Å². The van der Waals surface area contributed by atoms with E-state index in [1.807, 2.05) is 18.2 Å². The Kier molecular flexibility index (Phi) is 7.80. The summed E-state index contributed by atoms with van der Waals surface area (Å²) in [4.78, 5) is 39.7. The molecule has 0 unspecified atom stereocenters. The number of ether oxygens (including phenoxy) is 2. The minimum absolute atomic E-state index is 0.0861. The lowest BCUT2D eigenvalue weighted by molar-refractivity contribution is -0.115. The van der Waals surface area contributed by atoms with Gasteiger partial charge < -0.3 is 25.0 Å². The molecule has 1 aliphatic heterocycles. The molecule has 1 aliphatic rings. The fourth-order valence-electron chi connectivity index (χ4n) is 3.34. The zero-order valence-electron chi connectivity index (χ0n) is 19.2. The maximum absolute atomic E-state index is 12.5. The fourth-order valence-corrected chi connectivity index (χ4v) is 4.37. The van der Waals surface area contributed by atoms with E-state index in [0.717, 1.165) is 23.4 Å². The number of aromatic carboxylic acids is 2. The molecule has 0 spiro atoms. The van der Waals surface area contributed by atoms with Crippen LogP contribution in [0.5, 0.6) is 11.5 Å². The molecule has 11 heteroatoms. The highest BCUT2D eigenvalue weighted by molar-refractivity contribution is 8.18. The molecule has 3 N–H and O–H groups in total. The third kappa shape index (κ3) is 6.29. The van der Waals surface area contributed by atoms with Crippen molar-refractivity contribution < 1.29 is 34.1 Å². The van der Waals surface area contributed by atoms with E-state index in [1.165, 1.54) is 19.2 Å². The van der Waals surface area contributed by atoms with E-state index < -0.39 is 17.8 Å². The highest BCUT2D eigenvalue weighted by atomic mass is 35.5. The SMILES string of the molecule is COc1cc(/C=C2\SC(=Nc3cc(C(=O)O)cc(C(=O)O)c3)NC2=O)ccc1OCc1ccccc1Cl. The average Bonchev–Trinajstić information content (AvgIpc) is 3.21. The van der Waals surface area contributed by atoms with E-state index in [-0.39, 0.29) is 28.6 Å². The van der Waals surface area contributed by atoms with Crippen molar-refractivity contribution in [2.45, 2.75) is 6.61 Å². The number of thioether (sulfide) groups is 1. The molecule has 0 saturated carbocycles. The average molecular weight is 539 g/mol. The number of carbonyl (C=O) groups is 3. The summed E-state index contributed by atoms with van der Waals surface area (Å²) in [5.41, 5.74) is 1.12. The number of carbonyl (C=O) groups excluding carboxylic acids is 1. The molecule has 0 radical (unpaired) electrons. The Labute approximate surface area is 220 Å². The summed E-state index contributed by atoms with van der Waals surface area (Å²) in [6, 6.07) is 16.0. The second-order valence-electron chi connectivity index (χ2n) is 7.65. The number of methoxy groups -OCH3 is 1. The number of nitrogens with one attached hydrogen (secondary N) is 1. The van der Waals surface area contributed by atoms with Crippen LogP contribution in [0.3, 0.4) is 0 Å². The van der Waals surface area contributed by atoms with E-state index >= 15 is 0 Å². The van der Waals surface area contributed by atoms with Gasteiger partial charge >= 0.3 is 11.9 Å². The minimum Gasteiger partial charge on any atom is -0.493 e. The predicted octanol–water partition coefficient (Wildman–Crippen LogP) is 5.22. The first-order valence-corrected chi connectivity index (χ1v) is 11.9. The number of amidine groups is 1. The Morgan fingerprint density at radius 2 is 1.73 bits per heavy atom. The van der Waals surface area contributed by atoms with Crippen molar-refractivity contribution in [2.75, 3.05) is 7.11 Å². The molecule has 9 nitrogen and oxygen atoms in total. The molecule has 4 rings (SSSR count). The molecule has 3 aromatic rings. The first-order valence-electron chi connectivity index (χ1n) is 10.7. The van der Waals surface area contributed by atoms with E-state index in [1.54, 1.807) is 30.3 Å². The van der Waals surface area contributed by atoms with Gasteiger partial charge in [0.05, 0.1) is 28.8 Å². The summed E-state index contributed by atoms with van der Waals surface area (Å²) in [5.74, 6) is -2.02. The van der Waals surface area contributed by atoms with Gasteiger partial charge in [0.2, 0.25) is 0 Å². The fraction of sp³-hybridized carbons (Fsp3) is 0.0769. The van der Waals surface area contributed by atoms with Crippen LogP contribution in [0.1, 0.15) is 31.8 Å². The lowest BCUT2D eigenvalue weighted by Crippen LogP contribution is -2.19. The lowest BCUT2D eigenvalue weighted by atomic mass is 10.1. The maximum atomic E-state index is 12.5. The summed E-state index contributed by atoms with van der Waals surface area (Å²) in [6.07, 6.45) is 1.64. The molecule has 0 aliphatic carbocycles. The molecule has 37 heavy (non-hydrogen) atoms. The van der Waals surface area contributed by atoms with Crippen molar-refractivity contribution >= 4 is 58.1 Å². The Balaban J connectivity index is 1.53. The summed E-state index contributed by atoms with van der Waals surface area (Å²) >= 11 is 7.22. The number of nitrogens with zero attached hydrogens (tertiary/aromatic N) is 1. The summed E-state index contributed by atoms with van der Waals surface area (Å²) in [7, 11) is 1.51. The Hall–Kier alpha value is -4.28. The summed E-state index contributed by atoms with van der Waals surface area (Å²) < 4.78 is 11.3. The van der Waals surface area contributed by atoms with Gasteiger partial charge in [-0.3, -0.25) is 4.79 Å². The number of carboxylic acid groups (broad SMARTS) is 2. The number of hydrogen-bond donors (Lipinski definition) is 3. The van der Waals surface area contributed by atoms with Gasteiger partial charge in [0.1, 0.15) is 6.61 Å². The molecule has 0 bridgehead atoms. The first kappa shape index (κ1) is 25.8. The standard InChI is InChI=1S/C26H19ClN2O7S/c1-35-21-8-14(6-7-20(21)36-13-15-4-2-3-5-19(15)27)9-22-23(30)29-26(37-22)28-18-11-16(24(31)32)10-17(12-18)25(33)34/h2-12H,13H2,1H3,(H,31,32)(H,33,34)(H,28,29,30)/b22-9-. The van der Waals surface area contributed by atoms with Gasteiger partial charge in [0, 0.05) is 10.6 Å². The molecular weight excluding hydrogens is 520 g/mol. The molecule has 1 amide bonds. The lowest BCUT2D eigenvalue weighted by Gasteiger charge is -2.12. The van der Waals surface area contributed by atoms with Gasteiger partial charge in [-0.1, -0.05) is 35.9 Å². The number of benzene rings is 3. The van der Waals surface area contributed by atoms with Crippen LogP contribution in [0, 0.1) is 0 Å². The van der Waals surface area contributed by atoms with Crippen LogP contribution in [0.15, 0.2) is 70.6 Å². The van der Waals surface area contributed by atoms with Gasteiger partial charge in [-0.2, -0.15) is 0 Å². The monoisotopic (exact) mass is 538 g/mol. The molecule has 0 aromatic heterocycles. The first-order chi connectivity index (χ1) is 17.7. The number of amides is 1. The summed E-state index contributed by atoms with van der Waals surface area (Å²) in [5, 5.41) is 21.9. The van der Waals surface area contributed by atoms with Crippen molar-refractivity contribution in [3.63, 3.8) is 0 Å². The smallest absolute Gasteiger partial charge is 0.335 e. The topological polar surface area (TPSA) is 135 Å². The predicted molar refractivity (Wildman–Crippen MR) is 140 cm³/mol. The van der Waals surface area contributed by atoms with Crippen LogP contribution in [0.2, 0.25) is 5.02 Å². The van der Waals surface area contributed by atoms with Gasteiger partial charge in [0.25, 0.3) is 5.91 Å². The van der Waals surface area contributed by atoms with Crippen molar-refractivity contribution in [1.82, 2.24) is 5.32 Å². The third-order valence-corrected chi connectivity index (χ3v) is 6.40. The van der Waals surface area contributed by atoms with Crippen LogP contribution in [0.25, 0.3) is 6.08 Å². The molecule has 188 valence electrons. The van der Waals surface area contributed by atoms with Crippen molar-refractivity contribution in [2.24, 2.45) is 4.99 Å². The van der Waals surface area contributed by atoms with Crippen LogP contribution < -0.4 is 14.8 Å². The Morgan fingerprint density at radius 1 is 1.03 bits per heavy atom. The zero-order chi connectivity index (χ0) is 26.5. The van der Waals surface area contributed by atoms with Gasteiger partial charge in [-0.25, -0.2) is 14.6 Å². The molecule has 1 fully saturated rings. The Bertz CT molecular complexity index is 1440. The molecule has 3 aromatic carbocycles. The molecule has 1 heterocycles.